The van der Waals surface area contributed by atoms with Gasteiger partial charge in [0.2, 0.25) is 0 Å². The molecule has 0 bridgehead atoms. The average Bonchev–Trinajstić information content (AvgIpc) is 2.62. The first kappa shape index (κ1) is 27.3. The monoisotopic (exact) mass is 404 g/mol. The van der Waals surface area contributed by atoms with E-state index in [0.29, 0.717) is 0 Å². The fraction of sp³-hybridized carbons (Fsp3) is 1.00. The molecule has 0 aromatic heterocycles. The van der Waals surface area contributed by atoms with Gasteiger partial charge in [0, 0.05) is 13.2 Å². The molecule has 166 valence electrons. The zero-order valence-electron chi connectivity index (χ0n) is 19.4. The van der Waals surface area contributed by atoms with Gasteiger partial charge in [-0.1, -0.05) is 103 Å². The molecule has 2 nitrogen and oxygen atoms in total. The van der Waals surface area contributed by atoms with Crippen molar-refractivity contribution < 1.29 is 8.92 Å². The first-order chi connectivity index (χ1) is 13.1. The van der Waals surface area contributed by atoms with Crippen LogP contribution in [0.5, 0.6) is 0 Å². The Bertz CT molecular complexity index is 276. The van der Waals surface area contributed by atoms with Gasteiger partial charge in [-0.2, -0.15) is 0 Å². The molecule has 0 aromatic rings. The number of ether oxygens (including phenoxy) is 1. The lowest BCUT2D eigenvalue weighted by Gasteiger charge is -2.25. The van der Waals surface area contributed by atoms with Crippen molar-refractivity contribution in [2.45, 2.75) is 116 Å². The van der Waals surface area contributed by atoms with Crippen LogP contribution in [0.15, 0.2) is 0 Å². The molecule has 0 atom stereocenters. The second kappa shape index (κ2) is 21.0. The predicted molar refractivity (Wildman–Crippen MR) is 126 cm³/mol. The van der Waals surface area contributed by atoms with Gasteiger partial charge in [-0.15, -0.1) is 10.3 Å². The van der Waals surface area contributed by atoms with Crippen molar-refractivity contribution in [2.75, 3.05) is 38.6 Å². The molecule has 3 heteroatoms. The van der Waals surface area contributed by atoms with Gasteiger partial charge >= 0.3 is 0 Å². The quantitative estimate of drug-likeness (QED) is 0.169. The van der Waals surface area contributed by atoms with Crippen molar-refractivity contribution in [2.24, 2.45) is 0 Å². The molecular weight excluding hydrogens is 352 g/mol. The van der Waals surface area contributed by atoms with E-state index in [1.165, 1.54) is 103 Å². The summed E-state index contributed by atoms with van der Waals surface area (Å²) in [6.07, 6.45) is 30.3. The van der Waals surface area contributed by atoms with Crippen LogP contribution in [0, 0.1) is 0 Å². The molecule has 0 saturated carbocycles. The molecule has 0 radical (unpaired) electrons. The first-order valence-corrected chi connectivity index (χ1v) is 14.7. The highest BCUT2D eigenvalue weighted by Crippen LogP contribution is 2.35. The van der Waals surface area contributed by atoms with E-state index in [-0.39, 0.29) is 0 Å². The molecular formula is C24H52O2S. The van der Waals surface area contributed by atoms with Crippen molar-refractivity contribution >= 4 is 10.3 Å². The van der Waals surface area contributed by atoms with E-state index < -0.39 is 10.3 Å². The minimum Gasteiger partial charge on any atom is -0.381 e. The standard InChI is InChI=1S/C24H52O2S/c1-5-6-7-8-9-10-11-12-13-14-15-16-17-18-19-20-22-25-23-21-24-26-27(2,3)4/h5-24H2,1-4H3. The third-order valence-electron chi connectivity index (χ3n) is 5.01. The third kappa shape index (κ3) is 26.3. The molecule has 0 aliphatic rings. The maximum absolute atomic E-state index is 5.77. The summed E-state index contributed by atoms with van der Waals surface area (Å²) in [5, 5.41) is 0. The van der Waals surface area contributed by atoms with Crippen molar-refractivity contribution in [3.8, 4) is 0 Å². The van der Waals surface area contributed by atoms with E-state index in [0.717, 1.165) is 26.2 Å². The largest absolute Gasteiger partial charge is 0.381 e. The third-order valence-corrected chi connectivity index (χ3v) is 5.89. The van der Waals surface area contributed by atoms with Crippen LogP contribution in [0.25, 0.3) is 0 Å². The second-order valence-corrected chi connectivity index (χ2v) is 12.5. The van der Waals surface area contributed by atoms with Gasteiger partial charge in [-0.05, 0) is 31.6 Å². The van der Waals surface area contributed by atoms with Gasteiger partial charge < -0.3 is 8.92 Å². The van der Waals surface area contributed by atoms with E-state index in [9.17, 15) is 0 Å². The van der Waals surface area contributed by atoms with Crippen LogP contribution >= 0.6 is 10.3 Å². The Labute approximate surface area is 174 Å². The molecule has 0 unspecified atom stereocenters. The Morgan fingerprint density at radius 3 is 1.22 bits per heavy atom. The molecule has 27 heavy (non-hydrogen) atoms. The van der Waals surface area contributed by atoms with E-state index >= 15 is 0 Å². The van der Waals surface area contributed by atoms with E-state index in [1.807, 2.05) is 0 Å². The number of unbranched alkanes of at least 4 members (excludes halogenated alkanes) is 15. The molecule has 0 heterocycles. The molecule has 0 aromatic carbocycles. The smallest absolute Gasteiger partial charge is 0.0614 e. The Kier molecular flexibility index (Phi) is 21.2. The van der Waals surface area contributed by atoms with Crippen LogP contribution < -0.4 is 0 Å². The van der Waals surface area contributed by atoms with Gasteiger partial charge in [0.25, 0.3) is 0 Å². The molecule has 0 saturated heterocycles. The molecule has 0 fully saturated rings. The summed E-state index contributed by atoms with van der Waals surface area (Å²) in [5.74, 6) is 0. The van der Waals surface area contributed by atoms with Crippen molar-refractivity contribution in [1.29, 1.82) is 0 Å². The van der Waals surface area contributed by atoms with Gasteiger partial charge in [-0.3, -0.25) is 0 Å². The first-order valence-electron chi connectivity index (χ1n) is 12.0. The SMILES string of the molecule is CCCCCCCCCCCCCCCCCCOCCCOS(C)(C)C. The zero-order valence-corrected chi connectivity index (χ0v) is 20.2. The summed E-state index contributed by atoms with van der Waals surface area (Å²) >= 11 is 0. The summed E-state index contributed by atoms with van der Waals surface area (Å²) in [4.78, 5) is 0. The molecule has 0 aliphatic carbocycles. The summed E-state index contributed by atoms with van der Waals surface area (Å²) in [5.41, 5.74) is 0. The summed E-state index contributed by atoms with van der Waals surface area (Å²) < 4.78 is 11.5. The highest BCUT2D eigenvalue weighted by atomic mass is 32.3. The second-order valence-electron chi connectivity index (χ2n) is 8.82. The van der Waals surface area contributed by atoms with E-state index in [2.05, 4.69) is 25.7 Å². The summed E-state index contributed by atoms with van der Waals surface area (Å²) in [7, 11) is -0.805. The van der Waals surface area contributed by atoms with Gasteiger partial charge in [-0.25, -0.2) is 0 Å². The fourth-order valence-corrected chi connectivity index (χ4v) is 3.94. The van der Waals surface area contributed by atoms with Gasteiger partial charge in [0.1, 0.15) is 0 Å². The number of hydrogen-bond donors (Lipinski definition) is 0. The van der Waals surface area contributed by atoms with Crippen molar-refractivity contribution in [3.05, 3.63) is 0 Å². The van der Waals surface area contributed by atoms with Crippen molar-refractivity contribution in [1.82, 2.24) is 0 Å². The Morgan fingerprint density at radius 2 is 0.815 bits per heavy atom. The maximum atomic E-state index is 5.77. The minimum absolute atomic E-state index is 0.805. The van der Waals surface area contributed by atoms with Crippen molar-refractivity contribution in [3.63, 3.8) is 0 Å². The number of hydrogen-bond acceptors (Lipinski definition) is 2. The lowest BCUT2D eigenvalue weighted by Crippen LogP contribution is -2.04. The molecule has 0 rings (SSSR count). The minimum atomic E-state index is -0.805. The molecule has 0 amide bonds. The van der Waals surface area contributed by atoms with E-state index in [4.69, 9.17) is 8.92 Å². The Balaban J connectivity index is 3.01. The van der Waals surface area contributed by atoms with Crippen LogP contribution in [0.3, 0.4) is 0 Å². The van der Waals surface area contributed by atoms with Crippen LogP contribution in [0.1, 0.15) is 116 Å². The topological polar surface area (TPSA) is 18.5 Å². The molecule has 0 N–H and O–H groups in total. The summed E-state index contributed by atoms with van der Waals surface area (Å²) in [6, 6.07) is 0. The normalized spacial score (nSPS) is 12.6. The predicted octanol–water partition coefficient (Wildman–Crippen LogP) is 8.28. The Hall–Kier alpha value is 0.270. The highest BCUT2D eigenvalue weighted by Gasteiger charge is 2.02. The lowest BCUT2D eigenvalue weighted by molar-refractivity contribution is 0.118. The fourth-order valence-electron chi connectivity index (χ4n) is 3.32. The number of rotatable bonds is 22. The average molecular weight is 405 g/mol. The zero-order chi connectivity index (χ0) is 20.1. The van der Waals surface area contributed by atoms with E-state index in [1.54, 1.807) is 0 Å². The summed E-state index contributed by atoms with van der Waals surface area (Å²) in [6.45, 7) is 4.93. The molecule has 0 aliphatic heterocycles. The van der Waals surface area contributed by atoms with Gasteiger partial charge in [0.05, 0.1) is 6.61 Å². The van der Waals surface area contributed by atoms with Crippen LogP contribution in [0.2, 0.25) is 0 Å². The lowest BCUT2D eigenvalue weighted by atomic mass is 10.0. The highest BCUT2D eigenvalue weighted by molar-refractivity contribution is 8.28. The van der Waals surface area contributed by atoms with Crippen LogP contribution in [-0.4, -0.2) is 38.6 Å². The van der Waals surface area contributed by atoms with Gasteiger partial charge in [0.15, 0.2) is 0 Å². The maximum Gasteiger partial charge on any atom is 0.0614 e. The Morgan fingerprint density at radius 1 is 0.444 bits per heavy atom. The van der Waals surface area contributed by atoms with Crippen LogP contribution in [-0.2, 0) is 8.92 Å². The molecule has 0 spiro atoms. The van der Waals surface area contributed by atoms with Crippen LogP contribution in [0.4, 0.5) is 0 Å².